The predicted octanol–water partition coefficient (Wildman–Crippen LogP) is 4.62. The van der Waals surface area contributed by atoms with E-state index in [2.05, 4.69) is 6.92 Å². The van der Waals surface area contributed by atoms with Crippen LogP contribution in [0.2, 0.25) is 0 Å². The van der Waals surface area contributed by atoms with Crippen LogP contribution in [0, 0.1) is 34.0 Å². The third-order valence-electron chi connectivity index (χ3n) is 10.2. The minimum atomic E-state index is -1.39. The van der Waals surface area contributed by atoms with E-state index < -0.39 is 64.5 Å². The van der Waals surface area contributed by atoms with Crippen molar-refractivity contribution in [3.63, 3.8) is 0 Å². The molecular formula is C31H38O10. The highest BCUT2D eigenvalue weighted by molar-refractivity contribution is 5.92. The molecule has 1 aromatic rings. The number of furan rings is 1. The Balaban J connectivity index is 1.73. The Morgan fingerprint density at radius 1 is 1.00 bits per heavy atom. The molecule has 0 radical (unpaired) electrons. The number of carbonyl (C=O) groups is 5. The number of Topliss-reactive ketones (excluding diaryl/α,β-unsaturated/α-hetero) is 1. The molecule has 4 aliphatic rings. The number of fused-ring (bicyclic) bond motifs is 5. The quantitative estimate of drug-likeness (QED) is 0.214. The molecule has 0 aromatic carbocycles. The molecule has 0 N–H and O–H groups in total. The molecule has 2 bridgehead atoms. The Morgan fingerprint density at radius 3 is 2.22 bits per heavy atom. The standard InChI is InChI=1S/C31H38O10/c1-15(32)38-27-20-12-19-21(8-10-30(6)22(19)13-23(35)41-26(30)18-9-11-37-14-18)31(7,25(20)36)24(29(27,4)5)28(39-16(2)33)40-17(3)34/h9,11,14,20-21,24,26-28H,8,10,12-13H2,1-7H3/t20-,21-,24+,26+,27-,30-,31+/m1/s1. The first-order valence-electron chi connectivity index (χ1n) is 14.1. The van der Waals surface area contributed by atoms with Gasteiger partial charge < -0.3 is 23.4 Å². The van der Waals surface area contributed by atoms with Gasteiger partial charge in [-0.2, -0.15) is 0 Å². The molecule has 2 heterocycles. The summed E-state index contributed by atoms with van der Waals surface area (Å²) in [7, 11) is 0. The number of ketones is 1. The summed E-state index contributed by atoms with van der Waals surface area (Å²) in [5.41, 5.74) is 0.0267. The Labute approximate surface area is 239 Å². The Hall–Kier alpha value is -3.43. The van der Waals surface area contributed by atoms with Crippen LogP contribution >= 0.6 is 0 Å². The Morgan fingerprint density at radius 2 is 1.66 bits per heavy atom. The number of hydrogen-bond donors (Lipinski definition) is 0. The zero-order chi connectivity index (χ0) is 30.1. The van der Waals surface area contributed by atoms with Crippen molar-refractivity contribution in [1.29, 1.82) is 0 Å². The molecule has 0 unspecified atom stereocenters. The third-order valence-corrected chi connectivity index (χ3v) is 10.2. The summed E-state index contributed by atoms with van der Waals surface area (Å²) >= 11 is 0. The summed E-state index contributed by atoms with van der Waals surface area (Å²) in [6.45, 7) is 11.4. The lowest BCUT2D eigenvalue weighted by molar-refractivity contribution is -0.251. The van der Waals surface area contributed by atoms with Gasteiger partial charge in [0, 0.05) is 42.6 Å². The van der Waals surface area contributed by atoms with Crippen LogP contribution in [0.1, 0.15) is 85.8 Å². The lowest BCUT2D eigenvalue weighted by Crippen LogP contribution is -2.69. The first-order valence-corrected chi connectivity index (χ1v) is 14.1. The predicted molar refractivity (Wildman–Crippen MR) is 141 cm³/mol. The monoisotopic (exact) mass is 570 g/mol. The fourth-order valence-electron chi connectivity index (χ4n) is 8.70. The summed E-state index contributed by atoms with van der Waals surface area (Å²) in [6, 6.07) is 1.79. The van der Waals surface area contributed by atoms with E-state index in [9.17, 15) is 24.0 Å². The molecule has 5 rings (SSSR count). The van der Waals surface area contributed by atoms with E-state index in [0.29, 0.717) is 19.3 Å². The number of ether oxygens (including phenoxy) is 4. The van der Waals surface area contributed by atoms with Gasteiger partial charge in [0.15, 0.2) is 0 Å². The lowest BCUT2D eigenvalue weighted by Gasteiger charge is -2.64. The average Bonchev–Trinajstić information content (AvgIpc) is 3.38. The molecule has 3 aliphatic carbocycles. The fraction of sp³-hybridized carbons (Fsp3) is 0.645. The van der Waals surface area contributed by atoms with Crippen LogP contribution in [0.3, 0.4) is 0 Å². The van der Waals surface area contributed by atoms with Crippen molar-refractivity contribution in [2.45, 2.75) is 92.6 Å². The van der Waals surface area contributed by atoms with Crippen molar-refractivity contribution >= 4 is 29.7 Å². The van der Waals surface area contributed by atoms with Gasteiger partial charge in [-0.15, -0.1) is 0 Å². The van der Waals surface area contributed by atoms with Crippen molar-refractivity contribution < 1.29 is 47.3 Å². The molecule has 10 heteroatoms. The van der Waals surface area contributed by atoms with Gasteiger partial charge in [0.2, 0.25) is 0 Å². The van der Waals surface area contributed by atoms with Crippen LogP contribution in [0.25, 0.3) is 0 Å². The van der Waals surface area contributed by atoms with Crippen molar-refractivity contribution in [2.75, 3.05) is 0 Å². The summed E-state index contributed by atoms with van der Waals surface area (Å²) in [5, 5.41) is 0. The third kappa shape index (κ3) is 4.41. The number of esters is 4. The summed E-state index contributed by atoms with van der Waals surface area (Å²) < 4.78 is 28.3. The van der Waals surface area contributed by atoms with Gasteiger partial charge in [-0.05, 0) is 36.8 Å². The van der Waals surface area contributed by atoms with Crippen molar-refractivity contribution in [3.8, 4) is 0 Å². The number of rotatable bonds is 5. The number of hydrogen-bond acceptors (Lipinski definition) is 10. The zero-order valence-corrected chi connectivity index (χ0v) is 24.6. The second-order valence-corrected chi connectivity index (χ2v) is 13.0. The number of allylic oxidation sites excluding steroid dienone is 1. The highest BCUT2D eigenvalue weighted by atomic mass is 16.7. The van der Waals surface area contributed by atoms with E-state index in [1.54, 1.807) is 18.6 Å². The van der Waals surface area contributed by atoms with Gasteiger partial charge in [-0.25, -0.2) is 0 Å². The van der Waals surface area contributed by atoms with Crippen LogP contribution in [0.4, 0.5) is 0 Å². The van der Waals surface area contributed by atoms with E-state index in [-0.39, 0.29) is 24.1 Å². The fourth-order valence-corrected chi connectivity index (χ4v) is 8.70. The van der Waals surface area contributed by atoms with Crippen LogP contribution < -0.4 is 0 Å². The summed E-state index contributed by atoms with van der Waals surface area (Å²) in [6.07, 6.45) is 1.93. The first-order chi connectivity index (χ1) is 19.1. The van der Waals surface area contributed by atoms with Crippen LogP contribution in [-0.2, 0) is 42.9 Å². The summed E-state index contributed by atoms with van der Waals surface area (Å²) in [5.74, 6) is -4.24. The molecule has 1 aliphatic heterocycles. The van der Waals surface area contributed by atoms with Crippen molar-refractivity contribution in [1.82, 2.24) is 0 Å². The molecule has 3 fully saturated rings. The van der Waals surface area contributed by atoms with E-state index in [0.717, 1.165) is 16.7 Å². The van der Waals surface area contributed by atoms with E-state index in [1.807, 2.05) is 20.8 Å². The highest BCUT2D eigenvalue weighted by Crippen LogP contribution is 2.68. The highest BCUT2D eigenvalue weighted by Gasteiger charge is 2.71. The van der Waals surface area contributed by atoms with Crippen LogP contribution in [-0.4, -0.2) is 42.1 Å². The molecule has 10 nitrogen and oxygen atoms in total. The molecule has 2 saturated carbocycles. The van der Waals surface area contributed by atoms with Gasteiger partial charge in [-0.1, -0.05) is 33.3 Å². The van der Waals surface area contributed by atoms with Gasteiger partial charge in [0.05, 0.1) is 30.8 Å². The van der Waals surface area contributed by atoms with Crippen molar-refractivity contribution in [2.24, 2.45) is 34.0 Å². The average molecular weight is 571 g/mol. The smallest absolute Gasteiger partial charge is 0.310 e. The summed E-state index contributed by atoms with van der Waals surface area (Å²) in [4.78, 5) is 64.4. The van der Waals surface area contributed by atoms with E-state index in [4.69, 9.17) is 23.4 Å². The molecule has 222 valence electrons. The second-order valence-electron chi connectivity index (χ2n) is 13.0. The van der Waals surface area contributed by atoms with Crippen LogP contribution in [0.5, 0.6) is 0 Å². The van der Waals surface area contributed by atoms with Gasteiger partial charge in [0.25, 0.3) is 6.29 Å². The number of carbonyl (C=O) groups excluding carboxylic acids is 5. The normalized spacial score (nSPS) is 35.7. The Bertz CT molecular complexity index is 1310. The minimum absolute atomic E-state index is 0.0806. The van der Waals surface area contributed by atoms with Gasteiger partial charge >= 0.3 is 23.9 Å². The molecule has 7 atom stereocenters. The second kappa shape index (κ2) is 9.84. The zero-order valence-electron chi connectivity index (χ0n) is 24.6. The van der Waals surface area contributed by atoms with Gasteiger partial charge in [0.1, 0.15) is 18.0 Å². The minimum Gasteiger partial charge on any atom is -0.472 e. The molecular weight excluding hydrogens is 532 g/mol. The number of cyclic esters (lactones) is 1. The largest absolute Gasteiger partial charge is 0.472 e. The van der Waals surface area contributed by atoms with E-state index >= 15 is 0 Å². The van der Waals surface area contributed by atoms with Crippen LogP contribution in [0.15, 0.2) is 34.2 Å². The first kappa shape index (κ1) is 29.1. The van der Waals surface area contributed by atoms with E-state index in [1.165, 1.54) is 20.8 Å². The molecule has 41 heavy (non-hydrogen) atoms. The lowest BCUT2D eigenvalue weighted by atomic mass is 9.41. The molecule has 0 spiro atoms. The maximum atomic E-state index is 14.5. The Kier molecular flexibility index (Phi) is 6.98. The topological polar surface area (TPSA) is 135 Å². The maximum absolute atomic E-state index is 14.5. The molecule has 0 amide bonds. The maximum Gasteiger partial charge on any atom is 0.310 e. The molecule has 1 saturated heterocycles. The molecule has 1 aromatic heterocycles. The van der Waals surface area contributed by atoms with Gasteiger partial charge in [-0.3, -0.25) is 24.0 Å². The van der Waals surface area contributed by atoms with Crippen molar-refractivity contribution in [3.05, 3.63) is 35.3 Å². The SMILES string of the molecule is CC(=O)OC(OC(C)=O)[C@H]1C(C)(C)[C@H](OC(C)=O)[C@@H]2CC3=C4CC(=O)O[C@@H](c5ccoc5)[C@]4(C)CC[C@H]3[C@]1(C)C2=O.